The fraction of sp³-hybridized carbons (Fsp3) is 0.333. The van der Waals surface area contributed by atoms with Crippen LogP contribution in [0.3, 0.4) is 0 Å². The molecule has 6 nitrogen and oxygen atoms in total. The fourth-order valence-electron chi connectivity index (χ4n) is 2.45. The number of hydrogen-bond acceptors (Lipinski definition) is 4. The van der Waals surface area contributed by atoms with Gasteiger partial charge in [-0.2, -0.15) is 0 Å². The number of H-pyrrole nitrogens is 1. The Morgan fingerprint density at radius 1 is 1.16 bits per heavy atom. The number of carbonyl (C=O) groups is 2. The van der Waals surface area contributed by atoms with E-state index < -0.39 is 5.97 Å². The normalized spacial score (nSPS) is 10.6. The third-order valence-corrected chi connectivity index (χ3v) is 4.01. The van der Waals surface area contributed by atoms with Gasteiger partial charge in [0.1, 0.15) is 12.3 Å². The van der Waals surface area contributed by atoms with E-state index in [-0.39, 0.29) is 12.5 Å². The van der Waals surface area contributed by atoms with Gasteiger partial charge in [-0.3, -0.25) is 4.79 Å². The predicted molar refractivity (Wildman–Crippen MR) is 95.0 cm³/mol. The minimum atomic E-state index is -0.472. The van der Waals surface area contributed by atoms with Crippen LogP contribution in [0.5, 0.6) is 0 Å². The highest BCUT2D eigenvalue weighted by molar-refractivity contribution is 6.30. The lowest BCUT2D eigenvalue weighted by Crippen LogP contribution is -2.24. The second kappa shape index (κ2) is 8.69. The van der Waals surface area contributed by atoms with Crippen molar-refractivity contribution < 1.29 is 19.1 Å². The molecule has 1 heterocycles. The molecule has 0 atom stereocenters. The van der Waals surface area contributed by atoms with E-state index >= 15 is 0 Å². The molecule has 1 aromatic carbocycles. The fourth-order valence-corrected chi connectivity index (χ4v) is 2.57. The zero-order valence-corrected chi connectivity index (χ0v) is 15.2. The van der Waals surface area contributed by atoms with E-state index in [4.69, 9.17) is 21.1 Å². The van der Waals surface area contributed by atoms with Crippen LogP contribution in [0.4, 0.5) is 0 Å². The van der Waals surface area contributed by atoms with E-state index in [1.54, 1.807) is 26.0 Å². The van der Waals surface area contributed by atoms with Crippen LogP contribution < -0.4 is 5.32 Å². The Labute approximate surface area is 151 Å². The Morgan fingerprint density at radius 3 is 2.48 bits per heavy atom. The van der Waals surface area contributed by atoms with Crippen molar-refractivity contribution in [1.29, 1.82) is 0 Å². The third-order valence-electron chi connectivity index (χ3n) is 3.76. The first-order chi connectivity index (χ1) is 11.9. The number of aromatic nitrogens is 1. The third kappa shape index (κ3) is 4.84. The Bertz CT molecular complexity index is 753. The highest BCUT2D eigenvalue weighted by Crippen LogP contribution is 2.19. The molecule has 0 saturated carbocycles. The van der Waals surface area contributed by atoms with Crippen molar-refractivity contribution in [2.24, 2.45) is 0 Å². The zero-order chi connectivity index (χ0) is 18.4. The number of nitrogens with one attached hydrogen (secondary N) is 2. The molecular weight excluding hydrogens is 344 g/mol. The predicted octanol–water partition coefficient (Wildman–Crippen LogP) is 3.02. The average Bonchev–Trinajstić information content (AvgIpc) is 2.89. The summed E-state index contributed by atoms with van der Waals surface area (Å²) in [5.74, 6) is -0.758. The number of amides is 1. The van der Waals surface area contributed by atoms with E-state index in [0.29, 0.717) is 40.7 Å². The number of methoxy groups -OCH3 is 1. The maximum atomic E-state index is 12.4. The van der Waals surface area contributed by atoms with Crippen LogP contribution in [0.25, 0.3) is 0 Å². The van der Waals surface area contributed by atoms with Crippen LogP contribution >= 0.6 is 11.6 Å². The summed E-state index contributed by atoms with van der Waals surface area (Å²) in [4.78, 5) is 27.5. The van der Waals surface area contributed by atoms with Crippen LogP contribution in [-0.2, 0) is 16.0 Å². The number of aryl methyl sites for hydroxylation is 1. The molecule has 0 aliphatic heterocycles. The molecule has 2 N–H and O–H groups in total. The van der Waals surface area contributed by atoms with Gasteiger partial charge in [-0.1, -0.05) is 23.7 Å². The van der Waals surface area contributed by atoms with Crippen molar-refractivity contribution in [2.75, 3.05) is 20.3 Å². The van der Waals surface area contributed by atoms with Gasteiger partial charge in [0.15, 0.2) is 0 Å². The number of carbonyl (C=O) groups excluding carboxylic acids is 2. The average molecular weight is 365 g/mol. The van der Waals surface area contributed by atoms with E-state index in [9.17, 15) is 9.59 Å². The molecule has 7 heteroatoms. The zero-order valence-electron chi connectivity index (χ0n) is 14.4. The molecule has 134 valence electrons. The standard InChI is InChI=1S/C18H21ClN2O4/c1-11-15(18(23)25-9-8-24-3)12(2)21-16(11)17(22)20-10-13-4-6-14(19)7-5-13/h4-7,21H,8-10H2,1-3H3,(H,20,22). The molecule has 1 aromatic heterocycles. The quantitative estimate of drug-likeness (QED) is 0.584. The molecule has 0 spiro atoms. The molecule has 2 aromatic rings. The summed E-state index contributed by atoms with van der Waals surface area (Å²) in [5, 5.41) is 3.46. The summed E-state index contributed by atoms with van der Waals surface area (Å²) >= 11 is 5.84. The Balaban J connectivity index is 2.06. The minimum absolute atomic E-state index is 0.164. The van der Waals surface area contributed by atoms with Gasteiger partial charge in [-0.25, -0.2) is 4.79 Å². The molecule has 0 aliphatic carbocycles. The monoisotopic (exact) mass is 364 g/mol. The first-order valence-corrected chi connectivity index (χ1v) is 8.19. The molecule has 0 radical (unpaired) electrons. The number of rotatable bonds is 7. The van der Waals surface area contributed by atoms with Crippen molar-refractivity contribution >= 4 is 23.5 Å². The molecule has 2 rings (SSSR count). The van der Waals surface area contributed by atoms with Gasteiger partial charge >= 0.3 is 5.97 Å². The van der Waals surface area contributed by atoms with Crippen molar-refractivity contribution in [2.45, 2.75) is 20.4 Å². The van der Waals surface area contributed by atoms with Crippen molar-refractivity contribution in [3.63, 3.8) is 0 Å². The lowest BCUT2D eigenvalue weighted by atomic mass is 10.1. The summed E-state index contributed by atoms with van der Waals surface area (Å²) in [6.45, 7) is 4.30. The molecule has 0 fully saturated rings. The number of aromatic amines is 1. The molecular formula is C18H21ClN2O4. The van der Waals surface area contributed by atoms with Gasteiger partial charge in [0, 0.05) is 24.4 Å². The number of halogens is 1. The second-order valence-corrected chi connectivity index (χ2v) is 6.00. The molecule has 0 bridgehead atoms. The molecule has 25 heavy (non-hydrogen) atoms. The Hall–Kier alpha value is -2.31. The van der Waals surface area contributed by atoms with Gasteiger partial charge < -0.3 is 19.8 Å². The molecule has 1 amide bonds. The van der Waals surface area contributed by atoms with Gasteiger partial charge in [-0.05, 0) is 37.1 Å². The minimum Gasteiger partial charge on any atom is -0.460 e. The topological polar surface area (TPSA) is 80.4 Å². The smallest absolute Gasteiger partial charge is 0.340 e. The first-order valence-electron chi connectivity index (χ1n) is 7.82. The van der Waals surface area contributed by atoms with E-state index in [1.807, 2.05) is 12.1 Å². The van der Waals surface area contributed by atoms with E-state index in [0.717, 1.165) is 5.56 Å². The van der Waals surface area contributed by atoms with Gasteiger partial charge in [0.2, 0.25) is 0 Å². The van der Waals surface area contributed by atoms with Crippen LogP contribution in [-0.4, -0.2) is 37.2 Å². The van der Waals surface area contributed by atoms with Gasteiger partial charge in [0.25, 0.3) is 5.91 Å². The second-order valence-electron chi connectivity index (χ2n) is 5.56. The van der Waals surface area contributed by atoms with Crippen LogP contribution in [0.1, 0.15) is 37.7 Å². The van der Waals surface area contributed by atoms with Gasteiger partial charge in [-0.15, -0.1) is 0 Å². The van der Waals surface area contributed by atoms with Crippen molar-refractivity contribution in [3.05, 3.63) is 57.4 Å². The highest BCUT2D eigenvalue weighted by Gasteiger charge is 2.22. The number of benzene rings is 1. The SMILES string of the molecule is COCCOC(=O)c1c(C)[nH]c(C(=O)NCc2ccc(Cl)cc2)c1C. The van der Waals surface area contributed by atoms with Crippen LogP contribution in [0.2, 0.25) is 5.02 Å². The van der Waals surface area contributed by atoms with Crippen molar-refractivity contribution in [1.82, 2.24) is 10.3 Å². The molecule has 0 saturated heterocycles. The summed E-state index contributed by atoms with van der Waals surface area (Å²) in [7, 11) is 1.53. The molecule has 0 unspecified atom stereocenters. The summed E-state index contributed by atoms with van der Waals surface area (Å²) in [5.41, 5.74) is 2.82. The number of esters is 1. The largest absolute Gasteiger partial charge is 0.460 e. The van der Waals surface area contributed by atoms with Gasteiger partial charge in [0.05, 0.1) is 12.2 Å². The number of ether oxygens (including phenoxy) is 2. The van der Waals surface area contributed by atoms with Crippen LogP contribution in [0, 0.1) is 13.8 Å². The first kappa shape index (κ1) is 19.0. The number of hydrogen-bond donors (Lipinski definition) is 2. The van der Waals surface area contributed by atoms with Crippen molar-refractivity contribution in [3.8, 4) is 0 Å². The maximum absolute atomic E-state index is 12.4. The summed E-state index contributed by atoms with van der Waals surface area (Å²) in [6.07, 6.45) is 0. The molecule has 0 aliphatic rings. The lowest BCUT2D eigenvalue weighted by Gasteiger charge is -2.06. The lowest BCUT2D eigenvalue weighted by molar-refractivity contribution is 0.0387. The maximum Gasteiger partial charge on any atom is 0.340 e. The van der Waals surface area contributed by atoms with Crippen LogP contribution in [0.15, 0.2) is 24.3 Å². The highest BCUT2D eigenvalue weighted by atomic mass is 35.5. The Kier molecular flexibility index (Phi) is 6.61. The van der Waals surface area contributed by atoms with E-state index in [1.165, 1.54) is 7.11 Å². The summed E-state index contributed by atoms with van der Waals surface area (Å²) < 4.78 is 9.99. The Morgan fingerprint density at radius 2 is 1.84 bits per heavy atom. The summed E-state index contributed by atoms with van der Waals surface area (Å²) in [6, 6.07) is 7.21. The van der Waals surface area contributed by atoms with E-state index in [2.05, 4.69) is 10.3 Å².